The third kappa shape index (κ3) is 3.33. The van der Waals surface area contributed by atoms with Crippen molar-refractivity contribution in [1.82, 2.24) is 24.4 Å². The summed E-state index contributed by atoms with van der Waals surface area (Å²) in [6.07, 6.45) is 3.96. The van der Waals surface area contributed by atoms with E-state index < -0.39 is 6.10 Å². The van der Waals surface area contributed by atoms with Crippen LogP contribution in [0.25, 0.3) is 11.2 Å². The van der Waals surface area contributed by atoms with Gasteiger partial charge >= 0.3 is 0 Å². The maximum atomic E-state index is 11.2. The fourth-order valence-corrected chi connectivity index (χ4v) is 4.11. The maximum absolute atomic E-state index is 11.2. The molecule has 2 heterocycles. The third-order valence-corrected chi connectivity index (χ3v) is 5.45. The van der Waals surface area contributed by atoms with Gasteiger partial charge in [0.25, 0.3) is 0 Å². The van der Waals surface area contributed by atoms with E-state index >= 15 is 0 Å². The molecule has 1 aliphatic rings. The quantitative estimate of drug-likeness (QED) is 0.640. The Morgan fingerprint density at radius 2 is 1.96 bits per heavy atom. The first-order chi connectivity index (χ1) is 13.0. The molecule has 0 bridgehead atoms. The van der Waals surface area contributed by atoms with Gasteiger partial charge in [-0.05, 0) is 31.9 Å². The lowest BCUT2D eigenvalue weighted by molar-refractivity contribution is -0.00579. The summed E-state index contributed by atoms with van der Waals surface area (Å²) >= 11 is 0. The van der Waals surface area contributed by atoms with Gasteiger partial charge in [0.2, 0.25) is 5.95 Å². The fraction of sp³-hybridized carbons (Fsp3) is 0.421. The minimum atomic E-state index is -0.540. The Morgan fingerprint density at radius 1 is 1.19 bits per heavy atom. The number of nitrogen functional groups attached to an aromatic ring is 2. The van der Waals surface area contributed by atoms with Gasteiger partial charge in [-0.25, -0.2) is 4.98 Å². The van der Waals surface area contributed by atoms with E-state index in [-0.39, 0.29) is 23.8 Å². The van der Waals surface area contributed by atoms with Crippen molar-refractivity contribution in [1.29, 1.82) is 0 Å². The van der Waals surface area contributed by atoms with Crippen molar-refractivity contribution in [3.8, 4) is 0 Å². The molecule has 27 heavy (non-hydrogen) atoms. The van der Waals surface area contributed by atoms with Gasteiger partial charge < -0.3 is 21.1 Å². The van der Waals surface area contributed by atoms with E-state index in [1.54, 1.807) is 6.33 Å². The summed E-state index contributed by atoms with van der Waals surface area (Å²) in [6, 6.07) is 10.2. The number of fused-ring (bicyclic) bond motifs is 1. The van der Waals surface area contributed by atoms with E-state index in [1.165, 1.54) is 5.56 Å². The fourth-order valence-electron chi connectivity index (χ4n) is 4.11. The summed E-state index contributed by atoms with van der Waals surface area (Å²) in [5.74, 6) is 0.379. The second-order valence-electron chi connectivity index (χ2n) is 7.25. The molecule has 0 saturated heterocycles. The van der Waals surface area contributed by atoms with Gasteiger partial charge in [-0.1, -0.05) is 30.3 Å². The molecule has 4 rings (SSSR count). The number of nitrogens with two attached hydrogens (primary N) is 2. The van der Waals surface area contributed by atoms with Crippen LogP contribution in [0.15, 0.2) is 36.7 Å². The van der Waals surface area contributed by atoms with Crippen LogP contribution < -0.4 is 11.5 Å². The molecule has 0 unspecified atom stereocenters. The van der Waals surface area contributed by atoms with Crippen molar-refractivity contribution < 1.29 is 5.11 Å². The van der Waals surface area contributed by atoms with Gasteiger partial charge in [0.1, 0.15) is 5.52 Å². The Balaban J connectivity index is 1.59. The lowest BCUT2D eigenvalue weighted by Crippen LogP contribution is -2.47. The molecular formula is C19H25N7O. The molecule has 8 nitrogen and oxygen atoms in total. The number of hydrogen-bond donors (Lipinski definition) is 3. The van der Waals surface area contributed by atoms with E-state index in [4.69, 9.17) is 11.5 Å². The van der Waals surface area contributed by atoms with Crippen LogP contribution in [0, 0.1) is 0 Å². The molecule has 3 atom stereocenters. The zero-order valence-electron chi connectivity index (χ0n) is 15.4. The Morgan fingerprint density at radius 3 is 2.74 bits per heavy atom. The van der Waals surface area contributed by atoms with Crippen LogP contribution in [0.4, 0.5) is 11.8 Å². The Kier molecular flexibility index (Phi) is 4.67. The van der Waals surface area contributed by atoms with Gasteiger partial charge in [-0.2, -0.15) is 9.97 Å². The van der Waals surface area contributed by atoms with Crippen LogP contribution >= 0.6 is 0 Å². The molecule has 5 N–H and O–H groups in total. The zero-order chi connectivity index (χ0) is 19.0. The van der Waals surface area contributed by atoms with Crippen LogP contribution in [0.2, 0.25) is 0 Å². The molecule has 2 aromatic heterocycles. The zero-order valence-corrected chi connectivity index (χ0v) is 15.4. The number of imidazole rings is 1. The van der Waals surface area contributed by atoms with Crippen LogP contribution in [-0.4, -0.2) is 48.7 Å². The number of nitrogens with zero attached hydrogens (tertiary/aromatic N) is 5. The lowest BCUT2D eigenvalue weighted by Gasteiger charge is -2.40. The highest BCUT2D eigenvalue weighted by molar-refractivity contribution is 5.82. The van der Waals surface area contributed by atoms with Crippen LogP contribution in [0.5, 0.6) is 0 Å². The standard InChI is InChI=1S/C19H25N7O/c1-25(10-12-6-3-2-4-7-12)13-8-5-9-14(16(13)27)26-11-22-15-17(20)23-19(21)24-18(15)26/h2-4,6-7,11,13-14,16,27H,5,8-10H2,1H3,(H4,20,21,23,24)/t13-,14-,16-/m1/s1. The molecule has 8 heteroatoms. The van der Waals surface area contributed by atoms with E-state index in [9.17, 15) is 5.11 Å². The summed E-state index contributed by atoms with van der Waals surface area (Å²) < 4.78 is 1.90. The second kappa shape index (κ2) is 7.13. The van der Waals surface area contributed by atoms with Gasteiger partial charge in [0.15, 0.2) is 11.5 Å². The monoisotopic (exact) mass is 367 g/mol. The molecule has 1 aliphatic carbocycles. The number of likely N-dealkylation sites (N-methyl/N-ethyl adjacent to an activating group) is 1. The number of aliphatic hydroxyl groups excluding tert-OH is 1. The van der Waals surface area contributed by atoms with E-state index in [1.807, 2.05) is 22.8 Å². The van der Waals surface area contributed by atoms with Crippen LogP contribution in [0.1, 0.15) is 30.9 Å². The van der Waals surface area contributed by atoms with Crippen LogP contribution in [0.3, 0.4) is 0 Å². The SMILES string of the molecule is CN(Cc1ccccc1)[C@@H]1CCC[C@@H](n2cnc3c(N)nc(N)nc32)[C@@H]1O. The van der Waals surface area contributed by atoms with E-state index in [2.05, 4.69) is 39.0 Å². The van der Waals surface area contributed by atoms with Gasteiger partial charge in [0, 0.05) is 12.6 Å². The minimum absolute atomic E-state index is 0.0536. The molecule has 0 amide bonds. The highest BCUT2D eigenvalue weighted by atomic mass is 16.3. The second-order valence-corrected chi connectivity index (χ2v) is 7.25. The first kappa shape index (κ1) is 17.7. The van der Waals surface area contributed by atoms with E-state index in [0.29, 0.717) is 11.2 Å². The molecule has 0 radical (unpaired) electrons. The van der Waals surface area contributed by atoms with Crippen molar-refractivity contribution >= 4 is 22.9 Å². The topological polar surface area (TPSA) is 119 Å². The maximum Gasteiger partial charge on any atom is 0.224 e. The summed E-state index contributed by atoms with van der Waals surface area (Å²) in [5.41, 5.74) is 14.0. The summed E-state index contributed by atoms with van der Waals surface area (Å²) in [4.78, 5) is 14.8. The van der Waals surface area contributed by atoms with Crippen molar-refractivity contribution in [2.45, 2.75) is 44.0 Å². The lowest BCUT2D eigenvalue weighted by atomic mass is 9.87. The third-order valence-electron chi connectivity index (χ3n) is 5.45. The average Bonchev–Trinajstić information content (AvgIpc) is 3.06. The molecule has 0 aliphatic heterocycles. The normalized spacial score (nSPS) is 23.1. The number of aromatic nitrogens is 4. The molecule has 142 valence electrons. The molecule has 0 spiro atoms. The number of anilines is 2. The van der Waals surface area contributed by atoms with Crippen molar-refractivity contribution in [2.24, 2.45) is 0 Å². The molecule has 3 aromatic rings. The highest BCUT2D eigenvalue weighted by Crippen LogP contribution is 2.34. The number of rotatable bonds is 4. The van der Waals surface area contributed by atoms with Crippen molar-refractivity contribution in [2.75, 3.05) is 18.5 Å². The molecular weight excluding hydrogens is 342 g/mol. The van der Waals surface area contributed by atoms with Gasteiger partial charge in [-0.3, -0.25) is 4.90 Å². The van der Waals surface area contributed by atoms with Gasteiger partial charge in [0.05, 0.1) is 18.5 Å². The largest absolute Gasteiger partial charge is 0.389 e. The smallest absolute Gasteiger partial charge is 0.224 e. The Bertz CT molecular complexity index is 926. The number of hydrogen-bond acceptors (Lipinski definition) is 7. The summed E-state index contributed by atoms with van der Waals surface area (Å²) in [5, 5.41) is 11.2. The number of benzene rings is 1. The van der Waals surface area contributed by atoms with E-state index in [0.717, 1.165) is 25.8 Å². The Labute approximate surface area is 157 Å². The molecule has 1 saturated carbocycles. The highest BCUT2D eigenvalue weighted by Gasteiger charge is 2.36. The Hall–Kier alpha value is -2.71. The van der Waals surface area contributed by atoms with Crippen LogP contribution in [-0.2, 0) is 6.54 Å². The van der Waals surface area contributed by atoms with Crippen molar-refractivity contribution in [3.63, 3.8) is 0 Å². The summed E-state index contributed by atoms with van der Waals surface area (Å²) in [7, 11) is 2.06. The van der Waals surface area contributed by atoms with Crippen molar-refractivity contribution in [3.05, 3.63) is 42.2 Å². The molecule has 1 fully saturated rings. The first-order valence-electron chi connectivity index (χ1n) is 9.22. The minimum Gasteiger partial charge on any atom is -0.389 e. The molecule has 1 aromatic carbocycles. The predicted octanol–water partition coefficient (Wildman–Crippen LogP) is 1.58. The number of aliphatic hydroxyl groups is 1. The van der Waals surface area contributed by atoms with Gasteiger partial charge in [-0.15, -0.1) is 0 Å². The first-order valence-corrected chi connectivity index (χ1v) is 9.22. The predicted molar refractivity (Wildman–Crippen MR) is 105 cm³/mol. The summed E-state index contributed by atoms with van der Waals surface area (Å²) in [6.45, 7) is 0.794. The average molecular weight is 367 g/mol.